The van der Waals surface area contributed by atoms with Crippen molar-refractivity contribution in [1.82, 2.24) is 0 Å². The molecule has 30 heavy (non-hydrogen) atoms. The quantitative estimate of drug-likeness (QED) is 0.229. The number of carbonyl (C=O) groups is 1. The summed E-state index contributed by atoms with van der Waals surface area (Å²) in [6.07, 6.45) is -4.81. The highest BCUT2D eigenvalue weighted by Crippen LogP contribution is 2.35. The van der Waals surface area contributed by atoms with Crippen LogP contribution in [-0.2, 0) is 21.8 Å². The molecule has 1 unspecified atom stereocenters. The van der Waals surface area contributed by atoms with Crippen molar-refractivity contribution >= 4 is 44.8 Å². The van der Waals surface area contributed by atoms with Crippen LogP contribution in [0, 0.1) is 10.1 Å². The molecule has 0 aliphatic carbocycles. The summed E-state index contributed by atoms with van der Waals surface area (Å²) in [5.41, 5.74) is -2.26. The van der Waals surface area contributed by atoms with Crippen LogP contribution in [0.4, 0.5) is 18.9 Å². The number of fused-ring (bicyclic) bond motifs is 1. The largest absolute Gasteiger partial charge is 0.424 e. The van der Waals surface area contributed by atoms with Crippen molar-refractivity contribution in [2.24, 2.45) is 0 Å². The lowest BCUT2D eigenvalue weighted by Gasteiger charge is -2.10. The van der Waals surface area contributed by atoms with Crippen LogP contribution in [0.25, 0.3) is 10.8 Å². The third-order valence-corrected chi connectivity index (χ3v) is 5.75. The highest BCUT2D eigenvalue weighted by Gasteiger charge is 2.34. The molecule has 0 saturated carbocycles. The Hall–Kier alpha value is -2.98. The average molecular weight is 458 g/mol. The first-order valence-corrected chi connectivity index (χ1v) is 9.89. The maximum Gasteiger partial charge on any atom is 0.416 e. The first-order chi connectivity index (χ1) is 14.1. The van der Waals surface area contributed by atoms with Gasteiger partial charge in [0.25, 0.3) is 5.69 Å². The number of hydrogen-bond donors (Lipinski definition) is 0. The van der Waals surface area contributed by atoms with Crippen molar-refractivity contribution in [1.29, 1.82) is 0 Å². The van der Waals surface area contributed by atoms with Gasteiger partial charge in [-0.1, -0.05) is 41.9 Å². The number of hydrogen-bond acceptors (Lipinski definition) is 5. The van der Waals surface area contributed by atoms with Gasteiger partial charge in [0, 0.05) is 11.5 Å². The second kappa shape index (κ2) is 8.41. The first kappa shape index (κ1) is 21.7. The highest BCUT2D eigenvalue weighted by atomic mass is 35.5. The predicted octanol–water partition coefficient (Wildman–Crippen LogP) is 5.13. The van der Waals surface area contributed by atoms with Gasteiger partial charge in [-0.05, 0) is 23.6 Å². The molecule has 1 atom stereocenters. The van der Waals surface area contributed by atoms with Gasteiger partial charge < -0.3 is 4.74 Å². The number of rotatable bonds is 5. The smallest absolute Gasteiger partial charge is 0.416 e. The zero-order valence-corrected chi connectivity index (χ0v) is 16.4. The molecule has 6 nitrogen and oxygen atoms in total. The monoisotopic (exact) mass is 457 g/mol. The van der Waals surface area contributed by atoms with E-state index in [1.54, 1.807) is 30.3 Å². The molecule has 11 heteroatoms. The minimum Gasteiger partial charge on any atom is -0.424 e. The second-order valence-corrected chi connectivity index (χ2v) is 7.80. The van der Waals surface area contributed by atoms with Crippen LogP contribution >= 0.6 is 11.6 Å². The molecule has 0 fully saturated rings. The zero-order valence-electron chi connectivity index (χ0n) is 14.8. The van der Waals surface area contributed by atoms with E-state index in [9.17, 15) is 32.3 Å². The summed E-state index contributed by atoms with van der Waals surface area (Å²) < 4.78 is 55.9. The van der Waals surface area contributed by atoms with Crippen LogP contribution in [-0.4, -0.2) is 20.9 Å². The molecule has 0 aliphatic heterocycles. The second-order valence-electron chi connectivity index (χ2n) is 6.00. The lowest BCUT2D eigenvalue weighted by atomic mass is 10.1. The van der Waals surface area contributed by atoms with Gasteiger partial charge in [-0.25, -0.2) is 0 Å². The average Bonchev–Trinajstić information content (AvgIpc) is 2.69. The summed E-state index contributed by atoms with van der Waals surface area (Å²) in [4.78, 5) is 21.7. The number of carbonyl (C=O) groups excluding carboxylic acids is 1. The molecule has 3 aromatic rings. The Morgan fingerprint density at radius 3 is 2.50 bits per heavy atom. The van der Waals surface area contributed by atoms with Gasteiger partial charge in [-0.2, -0.15) is 13.2 Å². The Labute approximate surface area is 174 Å². The van der Waals surface area contributed by atoms with Crippen LogP contribution in [0.2, 0.25) is 5.02 Å². The third-order valence-electron chi connectivity index (χ3n) is 4.03. The molecule has 0 amide bonds. The van der Waals surface area contributed by atoms with E-state index in [4.69, 9.17) is 16.3 Å². The van der Waals surface area contributed by atoms with Gasteiger partial charge in [0.1, 0.15) is 16.4 Å². The Morgan fingerprint density at radius 2 is 1.83 bits per heavy atom. The number of ether oxygens (including phenoxy) is 1. The number of nitro groups is 1. The molecule has 156 valence electrons. The normalized spacial score (nSPS) is 12.5. The standard InChI is InChI=1S/C19H11ClF3NO5S/c20-18-13-4-2-1-3-11(13)5-7-15(18)29-17(25)10-30(28)16-8-6-12(19(21,22)23)9-14(16)24(26)27/h1-9H,10H2. The Balaban J connectivity index is 1.82. The van der Waals surface area contributed by atoms with E-state index in [1.165, 1.54) is 6.07 Å². The van der Waals surface area contributed by atoms with E-state index < -0.39 is 49.8 Å². The van der Waals surface area contributed by atoms with Gasteiger partial charge >= 0.3 is 12.1 Å². The summed E-state index contributed by atoms with van der Waals surface area (Å²) in [6.45, 7) is 0. The molecule has 3 aromatic carbocycles. The minimum absolute atomic E-state index is 0.000661. The Morgan fingerprint density at radius 1 is 1.13 bits per heavy atom. The van der Waals surface area contributed by atoms with Crippen molar-refractivity contribution in [3.8, 4) is 5.75 Å². The number of nitrogens with zero attached hydrogens (tertiary/aromatic N) is 1. The molecule has 0 bridgehead atoms. The van der Waals surface area contributed by atoms with E-state index in [-0.39, 0.29) is 16.8 Å². The first-order valence-electron chi connectivity index (χ1n) is 8.20. The molecule has 3 rings (SSSR count). The van der Waals surface area contributed by atoms with Crippen molar-refractivity contribution in [2.45, 2.75) is 11.1 Å². The Kier molecular flexibility index (Phi) is 6.09. The number of esters is 1. The van der Waals surface area contributed by atoms with E-state index in [0.717, 1.165) is 5.39 Å². The van der Waals surface area contributed by atoms with E-state index in [2.05, 4.69) is 0 Å². The molecule has 0 spiro atoms. The molecule has 0 radical (unpaired) electrons. The summed E-state index contributed by atoms with van der Waals surface area (Å²) in [5, 5.41) is 12.7. The minimum atomic E-state index is -4.81. The lowest BCUT2D eigenvalue weighted by molar-refractivity contribution is -0.388. The fraction of sp³-hybridized carbons (Fsp3) is 0.105. The summed E-state index contributed by atoms with van der Waals surface area (Å²) in [6, 6.07) is 11.7. The number of halogens is 4. The fourth-order valence-electron chi connectivity index (χ4n) is 2.66. The van der Waals surface area contributed by atoms with Gasteiger partial charge in [-0.15, -0.1) is 0 Å². The molecule has 0 aliphatic rings. The van der Waals surface area contributed by atoms with Crippen LogP contribution in [0.3, 0.4) is 0 Å². The van der Waals surface area contributed by atoms with Gasteiger partial charge in [-0.3, -0.25) is 19.1 Å². The summed E-state index contributed by atoms with van der Waals surface area (Å²) >= 11 is 6.22. The zero-order chi connectivity index (χ0) is 22.1. The number of nitro benzene ring substituents is 1. The fourth-order valence-corrected chi connectivity index (χ4v) is 3.95. The summed E-state index contributed by atoms with van der Waals surface area (Å²) in [7, 11) is -2.31. The van der Waals surface area contributed by atoms with Crippen LogP contribution in [0.1, 0.15) is 5.56 Å². The molecule has 0 heterocycles. The lowest BCUT2D eigenvalue weighted by Crippen LogP contribution is -2.18. The predicted molar refractivity (Wildman–Crippen MR) is 104 cm³/mol. The van der Waals surface area contributed by atoms with Crippen LogP contribution in [0.5, 0.6) is 5.75 Å². The summed E-state index contributed by atoms with van der Waals surface area (Å²) in [5.74, 6) is -1.82. The van der Waals surface area contributed by atoms with Crippen molar-refractivity contribution in [3.05, 3.63) is 75.3 Å². The van der Waals surface area contributed by atoms with Crippen molar-refractivity contribution in [3.63, 3.8) is 0 Å². The van der Waals surface area contributed by atoms with E-state index >= 15 is 0 Å². The molecule has 0 N–H and O–H groups in total. The topological polar surface area (TPSA) is 86.5 Å². The molecule has 0 saturated heterocycles. The van der Waals surface area contributed by atoms with Gasteiger partial charge in [0.05, 0.1) is 26.3 Å². The molecule has 0 aromatic heterocycles. The van der Waals surface area contributed by atoms with Crippen molar-refractivity contribution in [2.75, 3.05) is 5.75 Å². The molecular formula is C19H11ClF3NO5S. The van der Waals surface area contributed by atoms with Crippen molar-refractivity contribution < 1.29 is 31.8 Å². The van der Waals surface area contributed by atoms with E-state index in [0.29, 0.717) is 17.5 Å². The van der Waals surface area contributed by atoms with Gasteiger partial charge in [0.15, 0.2) is 0 Å². The van der Waals surface area contributed by atoms with E-state index in [1.807, 2.05) is 0 Å². The number of alkyl halides is 3. The highest BCUT2D eigenvalue weighted by molar-refractivity contribution is 7.86. The Bertz CT molecular complexity index is 1180. The third kappa shape index (κ3) is 4.60. The number of benzene rings is 3. The van der Waals surface area contributed by atoms with Gasteiger partial charge in [0.2, 0.25) is 0 Å². The molecular weight excluding hydrogens is 447 g/mol. The SMILES string of the molecule is O=C(CS(=O)c1ccc(C(F)(F)F)cc1[N+](=O)[O-])Oc1ccc2ccccc2c1Cl. The maximum atomic E-state index is 12.8. The maximum absolute atomic E-state index is 12.8. The van der Waals surface area contributed by atoms with Crippen LogP contribution in [0.15, 0.2) is 59.5 Å². The van der Waals surface area contributed by atoms with Crippen LogP contribution < -0.4 is 4.74 Å².